The lowest BCUT2D eigenvalue weighted by Crippen LogP contribution is -2.22. The van der Waals surface area contributed by atoms with Crippen LogP contribution in [0.25, 0.3) is 10.2 Å². The van der Waals surface area contributed by atoms with Gasteiger partial charge in [0, 0.05) is 5.56 Å². The maximum atomic E-state index is 12.3. The zero-order chi connectivity index (χ0) is 19.0. The number of rotatable bonds is 4. The molecule has 0 unspecified atom stereocenters. The molecule has 6 nitrogen and oxygen atoms in total. The summed E-state index contributed by atoms with van der Waals surface area (Å²) in [7, 11) is 0. The molecule has 0 fully saturated rings. The largest absolute Gasteiger partial charge is 0.301 e. The van der Waals surface area contributed by atoms with Gasteiger partial charge in [-0.05, 0) is 56.7 Å². The average molecular weight is 401 g/mol. The van der Waals surface area contributed by atoms with Crippen LogP contribution in [0.4, 0.5) is 5.13 Å². The van der Waals surface area contributed by atoms with E-state index in [9.17, 15) is 9.59 Å². The summed E-state index contributed by atoms with van der Waals surface area (Å²) < 4.78 is 1.07. The Morgan fingerprint density at radius 1 is 1.26 bits per heavy atom. The molecule has 2 aromatic heterocycles. The molecule has 8 heteroatoms. The van der Waals surface area contributed by atoms with Crippen molar-refractivity contribution in [1.29, 1.82) is 0 Å². The molecule has 0 saturated heterocycles. The van der Waals surface area contributed by atoms with E-state index in [0.29, 0.717) is 10.3 Å². The van der Waals surface area contributed by atoms with Gasteiger partial charge in [0.05, 0.1) is 21.7 Å². The smallest absolute Gasteiger partial charge is 0.254 e. The number of thioether (sulfide) groups is 1. The molecule has 2 heterocycles. The van der Waals surface area contributed by atoms with Gasteiger partial charge in [-0.2, -0.15) is 0 Å². The van der Waals surface area contributed by atoms with Gasteiger partial charge in [-0.1, -0.05) is 29.2 Å². The van der Waals surface area contributed by atoms with Gasteiger partial charge in [-0.15, -0.1) is 0 Å². The maximum Gasteiger partial charge on any atom is 0.254 e. The highest BCUT2D eigenvalue weighted by Crippen LogP contribution is 2.29. The number of hydrogen-bond acceptors (Lipinski definition) is 6. The number of carbonyl (C=O) groups excluding carboxylic acids is 1. The highest BCUT2D eigenvalue weighted by Gasteiger charge is 2.16. The summed E-state index contributed by atoms with van der Waals surface area (Å²) in [5.74, 6) is 0.0177. The van der Waals surface area contributed by atoms with Crippen LogP contribution in [-0.2, 0) is 17.6 Å². The van der Waals surface area contributed by atoms with Crippen LogP contribution in [0.1, 0.15) is 35.2 Å². The number of aromatic amines is 1. The quantitative estimate of drug-likeness (QED) is 0.516. The molecule has 0 spiro atoms. The van der Waals surface area contributed by atoms with Gasteiger partial charge < -0.3 is 10.3 Å². The van der Waals surface area contributed by atoms with E-state index in [2.05, 4.69) is 32.4 Å². The predicted octanol–water partition coefficient (Wildman–Crippen LogP) is 3.61. The minimum absolute atomic E-state index is 0.0698. The van der Waals surface area contributed by atoms with Crippen LogP contribution in [0, 0.1) is 13.8 Å². The first-order valence-corrected chi connectivity index (χ1v) is 10.7. The molecule has 0 aliphatic heterocycles. The summed E-state index contributed by atoms with van der Waals surface area (Å²) in [6, 6.07) is 4.16. The third kappa shape index (κ3) is 3.91. The number of aryl methyl sites for hydroxylation is 3. The molecule has 27 heavy (non-hydrogen) atoms. The fraction of sp³-hybridized carbons (Fsp3) is 0.368. The Morgan fingerprint density at radius 3 is 2.93 bits per heavy atom. The minimum Gasteiger partial charge on any atom is -0.301 e. The van der Waals surface area contributed by atoms with Crippen molar-refractivity contribution in [2.24, 2.45) is 0 Å². The molecule has 4 rings (SSSR count). The molecule has 1 aliphatic carbocycles. The van der Waals surface area contributed by atoms with Crippen molar-refractivity contribution in [1.82, 2.24) is 15.0 Å². The highest BCUT2D eigenvalue weighted by molar-refractivity contribution is 7.99. The first kappa shape index (κ1) is 18.2. The lowest BCUT2D eigenvalue weighted by molar-refractivity contribution is -0.113. The van der Waals surface area contributed by atoms with Crippen LogP contribution in [0.3, 0.4) is 0 Å². The molecule has 2 N–H and O–H groups in total. The standard InChI is InChI=1S/C19H20N4O2S2/c1-10-7-11(2)16-14(8-10)27-19(22-16)21-15(24)9-26-18-20-13-6-4-3-5-12(13)17(25)23-18/h7-8H,3-6,9H2,1-2H3,(H,20,23,25)(H,21,22,24). The van der Waals surface area contributed by atoms with E-state index in [-0.39, 0.29) is 17.2 Å². The molecule has 140 valence electrons. The van der Waals surface area contributed by atoms with Crippen LogP contribution >= 0.6 is 23.1 Å². The average Bonchev–Trinajstić information content (AvgIpc) is 3.02. The first-order valence-electron chi connectivity index (χ1n) is 8.92. The number of amides is 1. The Labute approximate surface area is 164 Å². The Kier molecular flexibility index (Phi) is 5.01. The van der Waals surface area contributed by atoms with Crippen LogP contribution in [0.5, 0.6) is 0 Å². The summed E-state index contributed by atoms with van der Waals surface area (Å²) in [4.78, 5) is 36.3. The maximum absolute atomic E-state index is 12.3. The third-order valence-corrected chi connectivity index (χ3v) is 6.38. The van der Waals surface area contributed by atoms with E-state index in [4.69, 9.17) is 0 Å². The van der Waals surface area contributed by atoms with Crippen molar-refractivity contribution < 1.29 is 4.79 Å². The Morgan fingerprint density at radius 2 is 2.07 bits per heavy atom. The summed E-state index contributed by atoms with van der Waals surface area (Å²) in [5, 5.41) is 3.95. The lowest BCUT2D eigenvalue weighted by atomic mass is 9.97. The van der Waals surface area contributed by atoms with Crippen LogP contribution in [0.15, 0.2) is 22.1 Å². The van der Waals surface area contributed by atoms with Gasteiger partial charge in [0.15, 0.2) is 10.3 Å². The molecule has 3 aromatic rings. The van der Waals surface area contributed by atoms with Gasteiger partial charge in [-0.25, -0.2) is 9.97 Å². The Balaban J connectivity index is 1.44. The van der Waals surface area contributed by atoms with Crippen molar-refractivity contribution in [3.8, 4) is 0 Å². The number of nitrogens with one attached hydrogen (secondary N) is 2. The monoisotopic (exact) mass is 400 g/mol. The Hall–Kier alpha value is -2.19. The molecule has 1 aliphatic rings. The molecule has 0 atom stereocenters. The summed E-state index contributed by atoms with van der Waals surface area (Å²) in [6.07, 6.45) is 3.72. The van der Waals surface area contributed by atoms with E-state index in [0.717, 1.165) is 52.7 Å². The second-order valence-corrected chi connectivity index (χ2v) is 8.78. The van der Waals surface area contributed by atoms with E-state index >= 15 is 0 Å². The van der Waals surface area contributed by atoms with Crippen LogP contribution in [0.2, 0.25) is 0 Å². The predicted molar refractivity (Wildman–Crippen MR) is 110 cm³/mol. The number of aromatic nitrogens is 3. The van der Waals surface area contributed by atoms with Gasteiger partial charge in [0.1, 0.15) is 0 Å². The third-order valence-electron chi connectivity index (χ3n) is 4.59. The number of nitrogens with zero attached hydrogens (tertiary/aromatic N) is 2. The van der Waals surface area contributed by atoms with Crippen molar-refractivity contribution in [2.75, 3.05) is 11.1 Å². The van der Waals surface area contributed by atoms with Crippen LogP contribution < -0.4 is 10.9 Å². The van der Waals surface area contributed by atoms with E-state index in [1.54, 1.807) is 0 Å². The molecule has 1 amide bonds. The van der Waals surface area contributed by atoms with E-state index in [1.165, 1.54) is 28.7 Å². The number of carbonyl (C=O) groups is 1. The van der Waals surface area contributed by atoms with E-state index in [1.807, 2.05) is 13.8 Å². The Bertz CT molecular complexity index is 1090. The number of hydrogen-bond donors (Lipinski definition) is 2. The van der Waals surface area contributed by atoms with Crippen molar-refractivity contribution >= 4 is 44.4 Å². The fourth-order valence-corrected chi connectivity index (χ4v) is 5.10. The minimum atomic E-state index is -0.159. The number of H-pyrrole nitrogens is 1. The summed E-state index contributed by atoms with van der Waals surface area (Å²) in [5.41, 5.74) is 4.82. The van der Waals surface area contributed by atoms with Gasteiger partial charge in [-0.3, -0.25) is 9.59 Å². The van der Waals surface area contributed by atoms with Gasteiger partial charge >= 0.3 is 0 Å². The lowest BCUT2D eigenvalue weighted by Gasteiger charge is -2.14. The van der Waals surface area contributed by atoms with E-state index < -0.39 is 0 Å². The second-order valence-electron chi connectivity index (χ2n) is 6.79. The molecule has 0 radical (unpaired) electrons. The second kappa shape index (κ2) is 7.44. The van der Waals surface area contributed by atoms with Gasteiger partial charge in [0.2, 0.25) is 5.91 Å². The zero-order valence-electron chi connectivity index (χ0n) is 15.2. The molecule has 0 bridgehead atoms. The number of fused-ring (bicyclic) bond motifs is 2. The molecular weight excluding hydrogens is 380 g/mol. The SMILES string of the molecule is Cc1cc(C)c2nc(NC(=O)CSc3nc4c(c(=O)[nH]3)CCCC4)sc2c1. The number of thiazole rings is 1. The molecule has 1 aromatic carbocycles. The number of anilines is 1. The molecular formula is C19H20N4O2S2. The zero-order valence-corrected chi connectivity index (χ0v) is 16.9. The van der Waals surface area contributed by atoms with Crippen molar-refractivity contribution in [3.63, 3.8) is 0 Å². The normalized spacial score (nSPS) is 13.6. The number of benzene rings is 1. The highest BCUT2D eigenvalue weighted by atomic mass is 32.2. The fourth-order valence-electron chi connectivity index (χ4n) is 3.36. The topological polar surface area (TPSA) is 87.7 Å². The van der Waals surface area contributed by atoms with Crippen molar-refractivity contribution in [3.05, 3.63) is 44.9 Å². The van der Waals surface area contributed by atoms with Crippen LogP contribution in [-0.4, -0.2) is 26.6 Å². The summed E-state index contributed by atoms with van der Waals surface area (Å²) >= 11 is 2.72. The van der Waals surface area contributed by atoms with Gasteiger partial charge in [0.25, 0.3) is 5.56 Å². The van der Waals surface area contributed by atoms with Crippen molar-refractivity contribution in [2.45, 2.75) is 44.7 Å². The molecule has 0 saturated carbocycles. The first-order chi connectivity index (χ1) is 13.0. The summed E-state index contributed by atoms with van der Waals surface area (Å²) in [6.45, 7) is 4.07.